The van der Waals surface area contributed by atoms with Crippen LogP contribution in [0, 0.1) is 0 Å². The number of aromatic nitrogens is 1. The summed E-state index contributed by atoms with van der Waals surface area (Å²) in [5.41, 5.74) is 2.02. The summed E-state index contributed by atoms with van der Waals surface area (Å²) >= 11 is 13.4. The highest BCUT2D eigenvalue weighted by molar-refractivity contribution is 7.80. The summed E-state index contributed by atoms with van der Waals surface area (Å²) in [5.74, 6) is 0. The summed E-state index contributed by atoms with van der Waals surface area (Å²) in [7, 11) is 0. The van der Waals surface area contributed by atoms with Crippen molar-refractivity contribution in [3.8, 4) is 0 Å². The van der Waals surface area contributed by atoms with Crippen molar-refractivity contribution in [2.75, 3.05) is 4.90 Å². The number of benzene rings is 1. The first-order valence-corrected chi connectivity index (χ1v) is 9.15. The standard InChI is InChI=1S/C18H14ClN3S2/c19-15-10-9-14(24-15)17-16(13-8-4-5-11-20-13)21-18(23)22(17)12-6-2-1-3-7-12/h1-11,16-17H,(H,21,23)/t16-,17+/m0/s1. The second-order valence-corrected chi connectivity index (χ2v) is 7.61. The predicted molar refractivity (Wildman–Crippen MR) is 104 cm³/mol. The predicted octanol–water partition coefficient (Wildman–Crippen LogP) is 4.97. The average molecular weight is 372 g/mol. The monoisotopic (exact) mass is 371 g/mol. The second-order valence-electron chi connectivity index (χ2n) is 5.47. The van der Waals surface area contributed by atoms with E-state index in [4.69, 9.17) is 23.8 Å². The summed E-state index contributed by atoms with van der Waals surface area (Å²) in [6.45, 7) is 0. The molecule has 1 aromatic carbocycles. The van der Waals surface area contributed by atoms with Crippen LogP contribution >= 0.6 is 35.2 Å². The summed E-state index contributed by atoms with van der Waals surface area (Å²) in [5, 5.41) is 4.14. The molecule has 3 aromatic rings. The van der Waals surface area contributed by atoms with E-state index in [1.165, 1.54) is 0 Å². The number of hydrogen-bond donors (Lipinski definition) is 1. The quantitative estimate of drug-likeness (QED) is 0.657. The molecular formula is C18H14ClN3S2. The van der Waals surface area contributed by atoms with Gasteiger partial charge in [-0.15, -0.1) is 11.3 Å². The Hall–Kier alpha value is -1.95. The summed E-state index contributed by atoms with van der Waals surface area (Å²) < 4.78 is 0.774. The summed E-state index contributed by atoms with van der Waals surface area (Å²) in [6.07, 6.45) is 1.81. The Balaban J connectivity index is 1.82. The summed E-state index contributed by atoms with van der Waals surface area (Å²) in [4.78, 5) is 7.84. The van der Waals surface area contributed by atoms with E-state index < -0.39 is 0 Å². The number of hydrogen-bond acceptors (Lipinski definition) is 3. The van der Waals surface area contributed by atoms with Gasteiger partial charge in [-0.25, -0.2) is 0 Å². The van der Waals surface area contributed by atoms with Crippen molar-refractivity contribution >= 4 is 46.0 Å². The van der Waals surface area contributed by atoms with Gasteiger partial charge in [0.25, 0.3) is 0 Å². The molecule has 1 N–H and O–H groups in total. The van der Waals surface area contributed by atoms with Crippen molar-refractivity contribution in [3.63, 3.8) is 0 Å². The van der Waals surface area contributed by atoms with Crippen molar-refractivity contribution in [1.29, 1.82) is 0 Å². The molecule has 3 heterocycles. The molecule has 1 aliphatic rings. The van der Waals surface area contributed by atoms with Gasteiger partial charge >= 0.3 is 0 Å². The molecule has 1 saturated heterocycles. The van der Waals surface area contributed by atoms with Crippen LogP contribution in [0.2, 0.25) is 4.34 Å². The lowest BCUT2D eigenvalue weighted by molar-refractivity contribution is 0.575. The van der Waals surface area contributed by atoms with Gasteiger partial charge in [-0.05, 0) is 48.6 Å². The van der Waals surface area contributed by atoms with Crippen LogP contribution in [-0.4, -0.2) is 10.1 Å². The third-order valence-electron chi connectivity index (χ3n) is 4.02. The van der Waals surface area contributed by atoms with Gasteiger partial charge in [0.1, 0.15) is 0 Å². The SMILES string of the molecule is S=C1N[C@@H](c2ccccn2)[C@@H](c2ccc(Cl)s2)N1c1ccccc1. The molecule has 2 aromatic heterocycles. The molecule has 120 valence electrons. The fourth-order valence-corrected chi connectivity index (χ4v) is 4.53. The minimum absolute atomic E-state index is 0.0198. The molecule has 4 rings (SSSR count). The van der Waals surface area contributed by atoms with Crippen LogP contribution in [0.4, 0.5) is 5.69 Å². The first-order valence-electron chi connectivity index (χ1n) is 7.55. The van der Waals surface area contributed by atoms with Crippen LogP contribution in [-0.2, 0) is 0 Å². The number of para-hydroxylation sites is 1. The second kappa shape index (κ2) is 6.51. The molecule has 0 aliphatic carbocycles. The molecule has 0 saturated carbocycles. The van der Waals surface area contributed by atoms with E-state index in [9.17, 15) is 0 Å². The highest BCUT2D eigenvalue weighted by Gasteiger charge is 2.41. The number of rotatable bonds is 3. The van der Waals surface area contributed by atoms with Crippen molar-refractivity contribution in [1.82, 2.24) is 10.3 Å². The molecule has 1 aliphatic heterocycles. The van der Waals surface area contributed by atoms with E-state index in [1.807, 2.05) is 48.7 Å². The van der Waals surface area contributed by atoms with E-state index in [0.717, 1.165) is 20.6 Å². The van der Waals surface area contributed by atoms with Gasteiger partial charge in [0.2, 0.25) is 0 Å². The van der Waals surface area contributed by atoms with E-state index in [0.29, 0.717) is 5.11 Å². The Bertz CT molecular complexity index is 851. The highest BCUT2D eigenvalue weighted by atomic mass is 35.5. The molecule has 0 unspecified atom stereocenters. The number of nitrogens with one attached hydrogen (secondary N) is 1. The normalized spacial score (nSPS) is 20.2. The van der Waals surface area contributed by atoms with Crippen molar-refractivity contribution in [2.45, 2.75) is 12.1 Å². The number of halogens is 1. The lowest BCUT2D eigenvalue weighted by Gasteiger charge is -2.26. The average Bonchev–Trinajstić information content (AvgIpc) is 3.19. The van der Waals surface area contributed by atoms with Gasteiger partial charge in [-0.1, -0.05) is 35.9 Å². The van der Waals surface area contributed by atoms with Crippen LogP contribution in [0.5, 0.6) is 0 Å². The molecule has 0 spiro atoms. The Morgan fingerprint density at radius 2 is 1.83 bits per heavy atom. The van der Waals surface area contributed by atoms with Gasteiger partial charge in [0.05, 0.1) is 22.1 Å². The zero-order chi connectivity index (χ0) is 16.5. The van der Waals surface area contributed by atoms with Gasteiger partial charge in [0.15, 0.2) is 5.11 Å². The number of thiophene rings is 1. The topological polar surface area (TPSA) is 28.2 Å². The van der Waals surface area contributed by atoms with Gasteiger partial charge < -0.3 is 10.2 Å². The van der Waals surface area contributed by atoms with E-state index >= 15 is 0 Å². The van der Waals surface area contributed by atoms with Crippen LogP contribution in [0.25, 0.3) is 0 Å². The van der Waals surface area contributed by atoms with E-state index in [-0.39, 0.29) is 12.1 Å². The smallest absolute Gasteiger partial charge is 0.174 e. The van der Waals surface area contributed by atoms with E-state index in [2.05, 4.69) is 33.4 Å². The van der Waals surface area contributed by atoms with Crippen molar-refractivity contribution in [3.05, 3.63) is 81.8 Å². The van der Waals surface area contributed by atoms with Gasteiger partial charge in [-0.3, -0.25) is 4.98 Å². The van der Waals surface area contributed by atoms with Gasteiger partial charge in [-0.2, -0.15) is 0 Å². The number of anilines is 1. The first kappa shape index (κ1) is 15.6. The number of pyridine rings is 1. The third-order valence-corrected chi connectivity index (χ3v) is 5.63. The maximum absolute atomic E-state index is 6.19. The summed E-state index contributed by atoms with van der Waals surface area (Å²) in [6, 6.07) is 20.1. The molecule has 2 atom stereocenters. The lowest BCUT2D eigenvalue weighted by Crippen LogP contribution is -2.28. The van der Waals surface area contributed by atoms with Crippen LogP contribution in [0.15, 0.2) is 66.9 Å². The first-order chi connectivity index (χ1) is 11.7. The molecule has 6 heteroatoms. The fraction of sp³-hybridized carbons (Fsp3) is 0.111. The minimum Gasteiger partial charge on any atom is -0.351 e. The molecular weight excluding hydrogens is 358 g/mol. The number of thiocarbonyl (C=S) groups is 1. The van der Waals surface area contributed by atoms with Crippen LogP contribution in [0.1, 0.15) is 22.7 Å². The lowest BCUT2D eigenvalue weighted by atomic mass is 10.0. The Morgan fingerprint density at radius 1 is 1.04 bits per heavy atom. The molecule has 3 nitrogen and oxygen atoms in total. The van der Waals surface area contributed by atoms with Crippen LogP contribution < -0.4 is 10.2 Å². The molecule has 0 bridgehead atoms. The zero-order valence-electron chi connectivity index (χ0n) is 12.6. The maximum atomic E-state index is 6.19. The third kappa shape index (κ3) is 2.79. The van der Waals surface area contributed by atoms with E-state index in [1.54, 1.807) is 11.3 Å². The maximum Gasteiger partial charge on any atom is 0.174 e. The molecule has 0 amide bonds. The largest absolute Gasteiger partial charge is 0.351 e. The zero-order valence-corrected chi connectivity index (χ0v) is 15.0. The Labute approximate surface area is 154 Å². The Kier molecular flexibility index (Phi) is 4.22. The molecule has 0 radical (unpaired) electrons. The molecule has 1 fully saturated rings. The fourth-order valence-electron chi connectivity index (χ4n) is 3.00. The van der Waals surface area contributed by atoms with Gasteiger partial charge in [0, 0.05) is 16.8 Å². The van der Waals surface area contributed by atoms with Crippen LogP contribution in [0.3, 0.4) is 0 Å². The minimum atomic E-state index is -0.0198. The highest BCUT2D eigenvalue weighted by Crippen LogP contribution is 2.44. The number of nitrogens with zero attached hydrogens (tertiary/aromatic N) is 2. The Morgan fingerprint density at radius 3 is 2.50 bits per heavy atom. The van der Waals surface area contributed by atoms with Crippen molar-refractivity contribution < 1.29 is 0 Å². The van der Waals surface area contributed by atoms with Crippen molar-refractivity contribution in [2.24, 2.45) is 0 Å². The molecule has 24 heavy (non-hydrogen) atoms.